The summed E-state index contributed by atoms with van der Waals surface area (Å²) in [6, 6.07) is 0.282. The third-order valence-electron chi connectivity index (χ3n) is 6.03. The second-order valence-electron chi connectivity index (χ2n) is 6.96. The summed E-state index contributed by atoms with van der Waals surface area (Å²) in [5, 5.41) is 9.07. The molecule has 3 aliphatic carbocycles. The molecule has 0 saturated heterocycles. The van der Waals surface area contributed by atoms with E-state index in [9.17, 15) is 9.59 Å². The average Bonchev–Trinajstić information content (AvgIpc) is 2.82. The van der Waals surface area contributed by atoms with Crippen molar-refractivity contribution in [1.29, 1.82) is 0 Å². The quantitative estimate of drug-likeness (QED) is 0.919. The molecule has 3 aliphatic rings. The van der Waals surface area contributed by atoms with Crippen LogP contribution in [0.25, 0.3) is 0 Å². The SMILES string of the molecule is Cc1nc(=O)n(C2C3C4CCC(C4)C32)c(C)c1CC(=O)O. The van der Waals surface area contributed by atoms with Crippen molar-refractivity contribution in [3.05, 3.63) is 27.4 Å². The predicted octanol–water partition coefficient (Wildman–Crippen LogP) is 1.70. The van der Waals surface area contributed by atoms with Crippen molar-refractivity contribution < 1.29 is 9.90 Å². The first-order valence-corrected chi connectivity index (χ1v) is 7.79. The Labute approximate surface area is 123 Å². The molecule has 0 amide bonds. The fourth-order valence-electron chi connectivity index (χ4n) is 5.20. The highest BCUT2D eigenvalue weighted by Gasteiger charge is 2.66. The Morgan fingerprint density at radius 3 is 2.48 bits per heavy atom. The highest BCUT2D eigenvalue weighted by molar-refractivity contribution is 5.70. The van der Waals surface area contributed by atoms with Crippen molar-refractivity contribution in [3.8, 4) is 0 Å². The molecule has 3 fully saturated rings. The van der Waals surface area contributed by atoms with Gasteiger partial charge in [0, 0.05) is 23.0 Å². The van der Waals surface area contributed by atoms with E-state index in [2.05, 4.69) is 4.98 Å². The van der Waals surface area contributed by atoms with Gasteiger partial charge in [-0.1, -0.05) is 0 Å². The smallest absolute Gasteiger partial charge is 0.348 e. The lowest BCUT2D eigenvalue weighted by Gasteiger charge is -2.17. The van der Waals surface area contributed by atoms with Crippen LogP contribution in [0.15, 0.2) is 4.79 Å². The van der Waals surface area contributed by atoms with Gasteiger partial charge in [0.05, 0.1) is 6.42 Å². The molecule has 0 spiro atoms. The molecule has 1 N–H and O–H groups in total. The van der Waals surface area contributed by atoms with E-state index in [1.807, 2.05) is 11.5 Å². The monoisotopic (exact) mass is 288 g/mol. The van der Waals surface area contributed by atoms with Gasteiger partial charge >= 0.3 is 11.7 Å². The van der Waals surface area contributed by atoms with Gasteiger partial charge in [0.2, 0.25) is 0 Å². The number of nitrogens with zero attached hydrogens (tertiary/aromatic N) is 2. The average molecular weight is 288 g/mol. The third kappa shape index (κ3) is 1.72. The van der Waals surface area contributed by atoms with Crippen LogP contribution in [-0.4, -0.2) is 20.6 Å². The zero-order valence-corrected chi connectivity index (χ0v) is 12.4. The van der Waals surface area contributed by atoms with Gasteiger partial charge in [0.25, 0.3) is 0 Å². The number of rotatable bonds is 3. The molecule has 3 saturated carbocycles. The maximum Gasteiger partial charge on any atom is 0.348 e. The van der Waals surface area contributed by atoms with Crippen molar-refractivity contribution in [2.75, 3.05) is 0 Å². The summed E-state index contributed by atoms with van der Waals surface area (Å²) < 4.78 is 1.81. The van der Waals surface area contributed by atoms with Crippen LogP contribution in [0.2, 0.25) is 0 Å². The lowest BCUT2D eigenvalue weighted by atomic mass is 10.0. The van der Waals surface area contributed by atoms with Crippen molar-refractivity contribution in [2.45, 2.75) is 45.6 Å². The Morgan fingerprint density at radius 1 is 1.29 bits per heavy atom. The van der Waals surface area contributed by atoms with E-state index in [4.69, 9.17) is 5.11 Å². The topological polar surface area (TPSA) is 72.2 Å². The van der Waals surface area contributed by atoms with Crippen molar-refractivity contribution in [2.24, 2.45) is 23.7 Å². The second-order valence-corrected chi connectivity index (χ2v) is 6.96. The zero-order chi connectivity index (χ0) is 14.9. The predicted molar refractivity (Wildman–Crippen MR) is 76.2 cm³/mol. The summed E-state index contributed by atoms with van der Waals surface area (Å²) >= 11 is 0. The summed E-state index contributed by atoms with van der Waals surface area (Å²) in [5.74, 6) is 1.97. The number of carboxylic acids is 1. The summed E-state index contributed by atoms with van der Waals surface area (Å²) in [6.45, 7) is 3.61. The molecule has 5 nitrogen and oxygen atoms in total. The largest absolute Gasteiger partial charge is 0.481 e. The van der Waals surface area contributed by atoms with Crippen molar-refractivity contribution in [3.63, 3.8) is 0 Å². The molecule has 4 atom stereocenters. The number of aryl methyl sites for hydroxylation is 1. The lowest BCUT2D eigenvalue weighted by Crippen LogP contribution is -2.29. The molecule has 1 aromatic heterocycles. The molecule has 1 aromatic rings. The molecule has 4 unspecified atom stereocenters. The molecule has 1 heterocycles. The van der Waals surface area contributed by atoms with E-state index in [0.717, 1.165) is 17.5 Å². The number of hydrogen-bond donors (Lipinski definition) is 1. The summed E-state index contributed by atoms with van der Waals surface area (Å²) in [4.78, 5) is 27.5. The minimum Gasteiger partial charge on any atom is -0.481 e. The van der Waals surface area contributed by atoms with Gasteiger partial charge < -0.3 is 5.11 Å². The molecule has 21 heavy (non-hydrogen) atoms. The molecular weight excluding hydrogens is 268 g/mol. The van der Waals surface area contributed by atoms with E-state index in [1.54, 1.807) is 6.92 Å². The Bertz CT molecular complexity index is 677. The zero-order valence-electron chi connectivity index (χ0n) is 12.4. The highest BCUT2D eigenvalue weighted by Crippen LogP contribution is 2.71. The molecule has 112 valence electrons. The number of carboxylic acid groups (broad SMARTS) is 1. The Balaban J connectivity index is 1.76. The van der Waals surface area contributed by atoms with Crippen LogP contribution < -0.4 is 5.69 Å². The summed E-state index contributed by atoms with van der Waals surface area (Å²) in [7, 11) is 0. The van der Waals surface area contributed by atoms with Crippen LogP contribution in [-0.2, 0) is 11.2 Å². The van der Waals surface area contributed by atoms with Crippen LogP contribution in [0.1, 0.15) is 42.3 Å². The number of aromatic nitrogens is 2. The molecule has 4 rings (SSSR count). The van der Waals surface area contributed by atoms with Gasteiger partial charge in [-0.2, -0.15) is 4.98 Å². The second kappa shape index (κ2) is 4.18. The molecule has 0 aliphatic heterocycles. The molecule has 0 aromatic carbocycles. The first-order chi connectivity index (χ1) is 9.99. The minimum atomic E-state index is -0.871. The molecular formula is C16H20N2O3. The highest BCUT2D eigenvalue weighted by atomic mass is 16.4. The van der Waals surface area contributed by atoms with Crippen LogP contribution in [0, 0.1) is 37.5 Å². The number of hydrogen-bond acceptors (Lipinski definition) is 3. The van der Waals surface area contributed by atoms with E-state index in [-0.39, 0.29) is 18.2 Å². The fraction of sp³-hybridized carbons (Fsp3) is 0.688. The van der Waals surface area contributed by atoms with Gasteiger partial charge in [-0.25, -0.2) is 4.79 Å². The van der Waals surface area contributed by atoms with Gasteiger partial charge in [-0.15, -0.1) is 0 Å². The standard InChI is InChI=1S/C16H20N2O3/c1-7-11(6-12(19)20)8(2)18(16(21)17-7)15-13-9-3-4-10(5-9)14(13)15/h9-10,13-15H,3-6H2,1-2H3,(H,19,20). The number of aliphatic carboxylic acids is 1. The van der Waals surface area contributed by atoms with Crippen LogP contribution in [0.4, 0.5) is 0 Å². The Kier molecular flexibility index (Phi) is 2.60. The number of fused-ring (bicyclic) bond motifs is 5. The maximum atomic E-state index is 12.3. The van der Waals surface area contributed by atoms with Crippen molar-refractivity contribution >= 4 is 5.97 Å². The Hall–Kier alpha value is -1.65. The summed E-state index contributed by atoms with van der Waals surface area (Å²) in [5.41, 5.74) is 1.89. The Morgan fingerprint density at radius 2 is 1.90 bits per heavy atom. The first kappa shape index (κ1) is 13.0. The molecule has 5 heteroatoms. The maximum absolute atomic E-state index is 12.3. The normalized spacial score (nSPS) is 35.8. The minimum absolute atomic E-state index is 0.0557. The van der Waals surface area contributed by atoms with Crippen LogP contribution in [0.5, 0.6) is 0 Å². The fourth-order valence-corrected chi connectivity index (χ4v) is 5.20. The summed E-state index contributed by atoms with van der Waals surface area (Å²) in [6.07, 6.45) is 3.88. The van der Waals surface area contributed by atoms with Gasteiger partial charge in [0.15, 0.2) is 0 Å². The molecule has 2 bridgehead atoms. The van der Waals surface area contributed by atoms with E-state index >= 15 is 0 Å². The van der Waals surface area contributed by atoms with E-state index in [1.165, 1.54) is 19.3 Å². The van der Waals surface area contributed by atoms with Crippen LogP contribution in [0.3, 0.4) is 0 Å². The van der Waals surface area contributed by atoms with E-state index in [0.29, 0.717) is 23.1 Å². The number of carbonyl (C=O) groups is 1. The first-order valence-electron chi connectivity index (χ1n) is 7.79. The van der Waals surface area contributed by atoms with Crippen molar-refractivity contribution in [1.82, 2.24) is 9.55 Å². The van der Waals surface area contributed by atoms with Gasteiger partial charge in [-0.05, 0) is 56.8 Å². The lowest BCUT2D eigenvalue weighted by molar-refractivity contribution is -0.136. The van der Waals surface area contributed by atoms with Gasteiger partial charge in [0.1, 0.15) is 0 Å². The molecule has 0 radical (unpaired) electrons. The third-order valence-corrected chi connectivity index (χ3v) is 6.03. The van der Waals surface area contributed by atoms with Crippen LogP contribution >= 0.6 is 0 Å². The van der Waals surface area contributed by atoms with Gasteiger partial charge in [-0.3, -0.25) is 9.36 Å². The van der Waals surface area contributed by atoms with E-state index < -0.39 is 5.97 Å².